The van der Waals surface area contributed by atoms with Gasteiger partial charge in [0.05, 0.1) is 10.6 Å². The highest BCUT2D eigenvalue weighted by Gasteiger charge is 2.12. The summed E-state index contributed by atoms with van der Waals surface area (Å²) in [6.07, 6.45) is 0.221. The molecule has 1 aromatic carbocycles. The highest BCUT2D eigenvalue weighted by Crippen LogP contribution is 2.27. The van der Waals surface area contributed by atoms with Crippen LogP contribution in [0.4, 0.5) is 11.4 Å². The Bertz CT molecular complexity index is 434. The Morgan fingerprint density at radius 2 is 2.24 bits per heavy atom. The van der Waals surface area contributed by atoms with Crippen LogP contribution in [0.3, 0.4) is 0 Å². The quantitative estimate of drug-likeness (QED) is 0.401. The Labute approximate surface area is 97.6 Å². The number of carbonyl (C=O) groups is 1. The van der Waals surface area contributed by atoms with Crippen LogP contribution >= 0.6 is 0 Å². The number of aromatic hydroxyl groups is 1. The highest BCUT2D eigenvalue weighted by atomic mass is 16.6. The van der Waals surface area contributed by atoms with Gasteiger partial charge in [-0.25, -0.2) is 0 Å². The number of anilines is 1. The lowest BCUT2D eigenvalue weighted by Crippen LogP contribution is -2.18. The van der Waals surface area contributed by atoms with Crippen molar-refractivity contribution in [1.82, 2.24) is 5.32 Å². The molecule has 1 aromatic rings. The number of non-ortho nitro benzene ring substituents is 1. The van der Waals surface area contributed by atoms with Gasteiger partial charge < -0.3 is 15.7 Å². The van der Waals surface area contributed by atoms with Crippen molar-refractivity contribution in [3.8, 4) is 5.75 Å². The minimum absolute atomic E-state index is 0.0419. The first kappa shape index (κ1) is 12.9. The average molecular weight is 239 g/mol. The topological polar surface area (TPSA) is 104 Å². The number of rotatable bonds is 5. The van der Waals surface area contributed by atoms with Gasteiger partial charge >= 0.3 is 0 Å². The standard InChI is InChI=1S/C10H13N3O4/c1-11-5-4-10(15)12-8-6-7(13(16)17)2-3-9(8)14/h2-3,6,11,14H,4-5H2,1H3,(H,12,15). The average Bonchev–Trinajstić information content (AvgIpc) is 2.29. The smallest absolute Gasteiger partial charge is 0.271 e. The van der Waals surface area contributed by atoms with Gasteiger partial charge in [0, 0.05) is 25.1 Å². The van der Waals surface area contributed by atoms with E-state index in [9.17, 15) is 20.0 Å². The summed E-state index contributed by atoms with van der Waals surface area (Å²) in [4.78, 5) is 21.3. The van der Waals surface area contributed by atoms with E-state index in [1.807, 2.05) is 0 Å². The van der Waals surface area contributed by atoms with Crippen molar-refractivity contribution in [1.29, 1.82) is 0 Å². The molecule has 0 aliphatic heterocycles. The number of benzene rings is 1. The van der Waals surface area contributed by atoms with Crippen LogP contribution in [0.25, 0.3) is 0 Å². The molecule has 17 heavy (non-hydrogen) atoms. The lowest BCUT2D eigenvalue weighted by Gasteiger charge is -2.06. The molecule has 0 aliphatic carbocycles. The molecule has 0 saturated heterocycles. The number of nitrogens with zero attached hydrogens (tertiary/aromatic N) is 1. The van der Waals surface area contributed by atoms with Gasteiger partial charge in [0.2, 0.25) is 5.91 Å². The number of carbonyl (C=O) groups excluding carboxylic acids is 1. The summed E-state index contributed by atoms with van der Waals surface area (Å²) in [6.45, 7) is 0.488. The lowest BCUT2D eigenvalue weighted by atomic mass is 10.2. The molecule has 0 aromatic heterocycles. The second kappa shape index (κ2) is 5.80. The molecule has 3 N–H and O–H groups in total. The molecule has 0 heterocycles. The zero-order valence-corrected chi connectivity index (χ0v) is 9.27. The van der Waals surface area contributed by atoms with E-state index in [1.165, 1.54) is 12.1 Å². The van der Waals surface area contributed by atoms with E-state index in [0.29, 0.717) is 6.54 Å². The second-order valence-electron chi connectivity index (χ2n) is 3.36. The van der Waals surface area contributed by atoms with Gasteiger partial charge in [0.1, 0.15) is 5.75 Å². The van der Waals surface area contributed by atoms with Gasteiger partial charge in [-0.2, -0.15) is 0 Å². The Morgan fingerprint density at radius 3 is 2.82 bits per heavy atom. The van der Waals surface area contributed by atoms with Crippen LogP contribution in [-0.4, -0.2) is 29.5 Å². The Balaban J connectivity index is 2.79. The fraction of sp³-hybridized carbons (Fsp3) is 0.300. The molecule has 0 radical (unpaired) electrons. The van der Waals surface area contributed by atoms with Crippen LogP contribution in [0.5, 0.6) is 5.75 Å². The van der Waals surface area contributed by atoms with Crippen LogP contribution in [0.15, 0.2) is 18.2 Å². The van der Waals surface area contributed by atoms with Crippen LogP contribution in [0, 0.1) is 10.1 Å². The van der Waals surface area contributed by atoms with Crippen LogP contribution in [0.2, 0.25) is 0 Å². The minimum Gasteiger partial charge on any atom is -0.506 e. The molecule has 0 spiro atoms. The van der Waals surface area contributed by atoms with E-state index in [2.05, 4.69) is 10.6 Å². The third-order valence-electron chi connectivity index (χ3n) is 2.07. The largest absolute Gasteiger partial charge is 0.506 e. The van der Waals surface area contributed by atoms with E-state index in [0.717, 1.165) is 6.07 Å². The molecule has 0 bridgehead atoms. The SMILES string of the molecule is CNCCC(=O)Nc1cc([N+](=O)[O-])ccc1O. The third-order valence-corrected chi connectivity index (χ3v) is 2.07. The molecule has 92 valence electrons. The fourth-order valence-corrected chi connectivity index (χ4v) is 1.19. The molecule has 1 rings (SSSR count). The zero-order valence-electron chi connectivity index (χ0n) is 9.27. The summed E-state index contributed by atoms with van der Waals surface area (Å²) in [5.41, 5.74) is -0.146. The van der Waals surface area contributed by atoms with Crippen LogP contribution in [0.1, 0.15) is 6.42 Å². The van der Waals surface area contributed by atoms with Crippen molar-refractivity contribution < 1.29 is 14.8 Å². The number of nitro groups is 1. The molecule has 1 amide bonds. The summed E-state index contributed by atoms with van der Waals surface area (Å²) in [6, 6.07) is 3.46. The maximum absolute atomic E-state index is 11.4. The number of phenols is 1. The molecular weight excluding hydrogens is 226 g/mol. The van der Waals surface area contributed by atoms with Crippen molar-refractivity contribution >= 4 is 17.3 Å². The first-order valence-corrected chi connectivity index (χ1v) is 4.96. The van der Waals surface area contributed by atoms with E-state index >= 15 is 0 Å². The molecule has 0 fully saturated rings. The maximum atomic E-state index is 11.4. The van der Waals surface area contributed by atoms with E-state index < -0.39 is 4.92 Å². The van der Waals surface area contributed by atoms with Gasteiger partial charge in [-0.05, 0) is 13.1 Å². The molecular formula is C10H13N3O4. The molecule has 0 aliphatic rings. The highest BCUT2D eigenvalue weighted by molar-refractivity contribution is 5.92. The van der Waals surface area contributed by atoms with Crippen molar-refractivity contribution in [2.24, 2.45) is 0 Å². The molecule has 0 saturated carbocycles. The van der Waals surface area contributed by atoms with Crippen molar-refractivity contribution in [3.63, 3.8) is 0 Å². The van der Waals surface area contributed by atoms with Gasteiger partial charge in [-0.3, -0.25) is 14.9 Å². The van der Waals surface area contributed by atoms with Crippen molar-refractivity contribution in [3.05, 3.63) is 28.3 Å². The molecule has 0 unspecified atom stereocenters. The molecule has 7 heteroatoms. The second-order valence-corrected chi connectivity index (χ2v) is 3.36. The van der Waals surface area contributed by atoms with Crippen molar-refractivity contribution in [2.45, 2.75) is 6.42 Å². The first-order valence-electron chi connectivity index (χ1n) is 4.96. The Morgan fingerprint density at radius 1 is 1.53 bits per heavy atom. The predicted molar refractivity (Wildman–Crippen MR) is 61.9 cm³/mol. The number of hydrogen-bond acceptors (Lipinski definition) is 5. The van der Waals surface area contributed by atoms with Crippen LogP contribution in [-0.2, 0) is 4.79 Å². The number of amides is 1. The summed E-state index contributed by atoms with van der Waals surface area (Å²) in [5.74, 6) is -0.524. The zero-order chi connectivity index (χ0) is 12.8. The van der Waals surface area contributed by atoms with Gasteiger partial charge in [-0.1, -0.05) is 0 Å². The number of nitro benzene ring substituents is 1. The summed E-state index contributed by atoms with van der Waals surface area (Å²) >= 11 is 0. The first-order chi connectivity index (χ1) is 8.04. The third kappa shape index (κ3) is 3.72. The van der Waals surface area contributed by atoms with E-state index in [-0.39, 0.29) is 29.5 Å². The van der Waals surface area contributed by atoms with E-state index in [1.54, 1.807) is 7.05 Å². The number of phenolic OH excluding ortho intramolecular Hbond substituents is 1. The predicted octanol–water partition coefficient (Wildman–Crippen LogP) is 0.848. The number of hydrogen-bond donors (Lipinski definition) is 3. The molecule has 0 atom stereocenters. The lowest BCUT2D eigenvalue weighted by molar-refractivity contribution is -0.384. The normalized spacial score (nSPS) is 9.94. The summed E-state index contributed by atoms with van der Waals surface area (Å²) in [7, 11) is 1.71. The Kier molecular flexibility index (Phi) is 4.41. The monoisotopic (exact) mass is 239 g/mol. The molecule has 7 nitrogen and oxygen atoms in total. The maximum Gasteiger partial charge on any atom is 0.271 e. The van der Waals surface area contributed by atoms with Crippen LogP contribution < -0.4 is 10.6 Å². The summed E-state index contributed by atoms with van der Waals surface area (Å²) < 4.78 is 0. The van der Waals surface area contributed by atoms with E-state index in [4.69, 9.17) is 0 Å². The fourth-order valence-electron chi connectivity index (χ4n) is 1.19. The minimum atomic E-state index is -0.595. The van der Waals surface area contributed by atoms with Gasteiger partial charge in [-0.15, -0.1) is 0 Å². The van der Waals surface area contributed by atoms with Gasteiger partial charge in [0.15, 0.2) is 0 Å². The summed E-state index contributed by atoms with van der Waals surface area (Å²) in [5, 5.41) is 25.2. The Hall–Kier alpha value is -2.15. The van der Waals surface area contributed by atoms with Crippen molar-refractivity contribution in [2.75, 3.05) is 18.9 Å². The van der Waals surface area contributed by atoms with Gasteiger partial charge in [0.25, 0.3) is 5.69 Å². The number of nitrogens with one attached hydrogen (secondary N) is 2.